The van der Waals surface area contributed by atoms with Crippen LogP contribution in [0.25, 0.3) is 22.2 Å². The molecule has 0 saturated heterocycles. The lowest BCUT2D eigenvalue weighted by atomic mass is 9.77. The molecule has 5 aromatic rings. The second-order valence-corrected chi connectivity index (χ2v) is 10.5. The average Bonchev–Trinajstić information content (AvgIpc) is 3.42. The molecule has 41 heavy (non-hydrogen) atoms. The van der Waals surface area contributed by atoms with Crippen LogP contribution < -0.4 is 4.90 Å². The summed E-state index contributed by atoms with van der Waals surface area (Å²) in [6, 6.07) is 27.7. The van der Waals surface area contributed by atoms with Crippen LogP contribution in [0.4, 0.5) is 10.2 Å². The van der Waals surface area contributed by atoms with Crippen molar-refractivity contribution in [1.29, 1.82) is 0 Å². The van der Waals surface area contributed by atoms with E-state index in [1.807, 2.05) is 54.6 Å². The Balaban J connectivity index is 1.47. The van der Waals surface area contributed by atoms with E-state index in [1.165, 1.54) is 7.11 Å². The molecule has 2 aromatic heterocycles. The number of ether oxygens (including phenoxy) is 2. The van der Waals surface area contributed by atoms with Gasteiger partial charge in [-0.3, -0.25) is 0 Å². The molecule has 1 N–H and O–H groups in total. The van der Waals surface area contributed by atoms with E-state index in [-0.39, 0.29) is 17.8 Å². The number of hydrogen-bond acceptors (Lipinski definition) is 5. The lowest BCUT2D eigenvalue weighted by Crippen LogP contribution is -2.29. The molecule has 7 heteroatoms. The van der Waals surface area contributed by atoms with Crippen molar-refractivity contribution >= 4 is 22.7 Å². The number of halogens is 1. The van der Waals surface area contributed by atoms with E-state index in [2.05, 4.69) is 34.1 Å². The minimum atomic E-state index is -0.494. The number of nitrogens with zero attached hydrogens (tertiary/aromatic N) is 2. The molecule has 0 unspecified atom stereocenters. The topological polar surface area (TPSA) is 67.5 Å². The van der Waals surface area contributed by atoms with Gasteiger partial charge in [-0.2, -0.15) is 0 Å². The van der Waals surface area contributed by atoms with Gasteiger partial charge in [0.05, 0.1) is 24.3 Å². The standard InChI is InChI=1S/C34H32FN3O3/c1-40-25-16-24(17-25)26-14-9-15-27(31(26)35)30-18-28-29(34(39)41-2)19-36-33(32(28)37-30)38(20-22-10-5-3-6-11-22)21-23-12-7-4-8-13-23/h3-15,18-19,24-25,37H,16-17,20-21H2,1-2H3/t24-,25-. The van der Waals surface area contributed by atoms with Gasteiger partial charge in [0.1, 0.15) is 5.82 Å². The van der Waals surface area contributed by atoms with Gasteiger partial charge < -0.3 is 19.4 Å². The fourth-order valence-electron chi connectivity index (χ4n) is 5.66. The Kier molecular flexibility index (Phi) is 7.53. The number of aromatic nitrogens is 2. The maximum atomic E-state index is 16.0. The SMILES string of the molecule is COC(=O)c1cnc(N(Cc2ccccc2)Cc2ccccc2)c2[nH]c(-c3cccc([C@H]4C[C@H](OC)C4)c3F)cc12. The van der Waals surface area contributed by atoms with Gasteiger partial charge in [-0.05, 0) is 47.6 Å². The second-order valence-electron chi connectivity index (χ2n) is 10.5. The van der Waals surface area contributed by atoms with Gasteiger partial charge in [0.15, 0.2) is 5.82 Å². The summed E-state index contributed by atoms with van der Waals surface area (Å²) in [6.07, 6.45) is 3.33. The summed E-state index contributed by atoms with van der Waals surface area (Å²) >= 11 is 0. The van der Waals surface area contributed by atoms with Crippen molar-refractivity contribution in [2.45, 2.75) is 38.0 Å². The highest BCUT2D eigenvalue weighted by Gasteiger charge is 2.33. The van der Waals surface area contributed by atoms with Gasteiger partial charge in [0, 0.05) is 43.0 Å². The summed E-state index contributed by atoms with van der Waals surface area (Å²) in [4.78, 5) is 23.2. The number of carbonyl (C=O) groups excluding carboxylic acids is 1. The second kappa shape index (κ2) is 11.6. The number of H-pyrrole nitrogens is 1. The minimum absolute atomic E-state index is 0.124. The van der Waals surface area contributed by atoms with Crippen LogP contribution in [0.1, 0.15) is 45.8 Å². The Hall–Kier alpha value is -4.49. The first-order valence-corrected chi connectivity index (χ1v) is 13.8. The number of nitrogens with one attached hydrogen (secondary N) is 1. The molecule has 1 aliphatic carbocycles. The molecule has 6 rings (SSSR count). The summed E-state index contributed by atoms with van der Waals surface area (Å²) in [6.45, 7) is 1.19. The van der Waals surface area contributed by atoms with Gasteiger partial charge in [-0.1, -0.05) is 72.8 Å². The summed E-state index contributed by atoms with van der Waals surface area (Å²) < 4.78 is 26.5. The van der Waals surface area contributed by atoms with E-state index in [1.54, 1.807) is 19.4 Å². The molecule has 208 valence electrons. The molecule has 0 amide bonds. The third kappa shape index (κ3) is 5.33. The van der Waals surface area contributed by atoms with Crippen LogP contribution in [-0.2, 0) is 22.6 Å². The lowest BCUT2D eigenvalue weighted by Gasteiger charge is -2.34. The number of esters is 1. The van der Waals surface area contributed by atoms with Crippen LogP contribution in [-0.4, -0.2) is 36.3 Å². The molecular weight excluding hydrogens is 517 g/mol. The smallest absolute Gasteiger partial charge is 0.340 e. The zero-order valence-corrected chi connectivity index (χ0v) is 23.1. The number of rotatable bonds is 9. The van der Waals surface area contributed by atoms with Crippen LogP contribution >= 0.6 is 0 Å². The summed E-state index contributed by atoms with van der Waals surface area (Å²) in [5, 5.41) is 0.635. The van der Waals surface area contributed by atoms with E-state index < -0.39 is 5.97 Å². The Labute approximate surface area is 238 Å². The minimum Gasteiger partial charge on any atom is -0.465 e. The maximum Gasteiger partial charge on any atom is 0.340 e. The van der Waals surface area contributed by atoms with Crippen LogP contribution in [0.3, 0.4) is 0 Å². The molecule has 0 atom stereocenters. The van der Waals surface area contributed by atoms with Crippen LogP contribution in [0, 0.1) is 5.82 Å². The molecule has 0 spiro atoms. The normalized spacial score (nSPS) is 16.4. The van der Waals surface area contributed by atoms with Gasteiger partial charge in [-0.25, -0.2) is 14.2 Å². The van der Waals surface area contributed by atoms with E-state index in [0.717, 1.165) is 24.0 Å². The Morgan fingerprint density at radius 2 is 1.61 bits per heavy atom. The van der Waals surface area contributed by atoms with Crippen LogP contribution in [0.15, 0.2) is 91.1 Å². The molecule has 0 aliphatic heterocycles. The number of benzene rings is 3. The summed E-state index contributed by atoms with van der Waals surface area (Å²) in [7, 11) is 3.04. The summed E-state index contributed by atoms with van der Waals surface area (Å²) in [5.74, 6) is 0.0502. The van der Waals surface area contributed by atoms with E-state index >= 15 is 4.39 Å². The third-order valence-corrected chi connectivity index (χ3v) is 7.97. The molecule has 1 saturated carbocycles. The Morgan fingerprint density at radius 1 is 0.951 bits per heavy atom. The number of hydrogen-bond donors (Lipinski definition) is 1. The van der Waals surface area contributed by atoms with Gasteiger partial charge in [0.2, 0.25) is 0 Å². The van der Waals surface area contributed by atoms with Crippen LogP contribution in [0.5, 0.6) is 0 Å². The number of aromatic amines is 1. The van der Waals surface area contributed by atoms with Crippen molar-refractivity contribution in [1.82, 2.24) is 9.97 Å². The molecule has 0 radical (unpaired) electrons. The fraction of sp³-hybridized carbons (Fsp3) is 0.235. The first kappa shape index (κ1) is 26.7. The fourth-order valence-corrected chi connectivity index (χ4v) is 5.66. The molecule has 1 aliphatic rings. The van der Waals surface area contributed by atoms with Crippen molar-refractivity contribution in [3.8, 4) is 11.3 Å². The zero-order valence-electron chi connectivity index (χ0n) is 23.1. The highest BCUT2D eigenvalue weighted by molar-refractivity contribution is 6.07. The molecule has 0 bridgehead atoms. The lowest BCUT2D eigenvalue weighted by molar-refractivity contribution is 0.0250. The van der Waals surface area contributed by atoms with E-state index in [9.17, 15) is 4.79 Å². The largest absolute Gasteiger partial charge is 0.465 e. The van der Waals surface area contributed by atoms with Gasteiger partial charge >= 0.3 is 5.97 Å². The number of pyridine rings is 1. The third-order valence-electron chi connectivity index (χ3n) is 7.97. The predicted molar refractivity (Wildman–Crippen MR) is 158 cm³/mol. The number of anilines is 1. The summed E-state index contributed by atoms with van der Waals surface area (Å²) in [5.41, 5.74) is 4.96. The first-order valence-electron chi connectivity index (χ1n) is 13.8. The Morgan fingerprint density at radius 3 is 2.22 bits per heavy atom. The van der Waals surface area contributed by atoms with Crippen molar-refractivity contribution < 1.29 is 18.7 Å². The van der Waals surface area contributed by atoms with E-state index in [4.69, 9.17) is 14.5 Å². The maximum absolute atomic E-state index is 16.0. The quantitative estimate of drug-likeness (QED) is 0.196. The monoisotopic (exact) mass is 549 g/mol. The number of methoxy groups -OCH3 is 2. The average molecular weight is 550 g/mol. The molecule has 3 aromatic carbocycles. The van der Waals surface area contributed by atoms with Gasteiger partial charge in [0.25, 0.3) is 0 Å². The van der Waals surface area contributed by atoms with Crippen LogP contribution in [0.2, 0.25) is 0 Å². The van der Waals surface area contributed by atoms with Crippen molar-refractivity contribution in [2.75, 3.05) is 19.1 Å². The molecule has 2 heterocycles. The van der Waals surface area contributed by atoms with Crippen molar-refractivity contribution in [3.63, 3.8) is 0 Å². The highest BCUT2D eigenvalue weighted by Crippen LogP contribution is 2.42. The van der Waals surface area contributed by atoms with E-state index in [0.29, 0.717) is 52.2 Å². The molecule has 1 fully saturated rings. The predicted octanol–water partition coefficient (Wildman–Crippen LogP) is 7.25. The van der Waals surface area contributed by atoms with Crippen molar-refractivity contribution in [3.05, 3.63) is 119 Å². The molecule has 6 nitrogen and oxygen atoms in total. The van der Waals surface area contributed by atoms with Crippen molar-refractivity contribution in [2.24, 2.45) is 0 Å². The highest BCUT2D eigenvalue weighted by atomic mass is 19.1. The Bertz CT molecular complexity index is 1620. The zero-order chi connectivity index (χ0) is 28.3. The number of fused-ring (bicyclic) bond motifs is 1. The van der Waals surface area contributed by atoms with Gasteiger partial charge in [-0.15, -0.1) is 0 Å². The number of carbonyl (C=O) groups is 1. The first-order chi connectivity index (χ1) is 20.1. The molecular formula is C34H32FN3O3.